The Balaban J connectivity index is 2.96. The van der Waals surface area contributed by atoms with E-state index in [2.05, 4.69) is 14.7 Å². The van der Waals surface area contributed by atoms with Crippen molar-refractivity contribution in [3.8, 4) is 5.88 Å². The van der Waals surface area contributed by atoms with Gasteiger partial charge in [0.2, 0.25) is 5.88 Å². The Labute approximate surface area is 78.9 Å². The van der Waals surface area contributed by atoms with Gasteiger partial charge in [-0.3, -0.25) is 0 Å². The summed E-state index contributed by atoms with van der Waals surface area (Å²) < 4.78 is 39.4. The predicted molar refractivity (Wildman–Crippen MR) is 42.8 cm³/mol. The molecule has 6 heteroatoms. The summed E-state index contributed by atoms with van der Waals surface area (Å²) in [4.78, 5) is 7.07. The first-order chi connectivity index (χ1) is 6.40. The molecule has 0 amide bonds. The zero-order valence-electron chi connectivity index (χ0n) is 7.67. The molecule has 0 atom stereocenters. The minimum absolute atomic E-state index is 0.117. The lowest BCUT2D eigenvalue weighted by Gasteiger charge is -2.12. The van der Waals surface area contributed by atoms with Crippen LogP contribution in [0.15, 0.2) is 12.5 Å². The number of alkyl halides is 3. The molecule has 0 aromatic carbocycles. The molecule has 0 bridgehead atoms. The molecular weight excluding hydrogens is 197 g/mol. The van der Waals surface area contributed by atoms with Crippen LogP contribution in [0.2, 0.25) is 0 Å². The number of nitrogens with zero attached hydrogens (tertiary/aromatic N) is 2. The van der Waals surface area contributed by atoms with Crippen molar-refractivity contribution >= 4 is 0 Å². The SMILES string of the molecule is CC(C)c1cncnc1OC(F)(F)F. The summed E-state index contributed by atoms with van der Waals surface area (Å²) in [6.45, 7) is 3.48. The highest BCUT2D eigenvalue weighted by atomic mass is 19.4. The summed E-state index contributed by atoms with van der Waals surface area (Å²) in [6.07, 6.45) is -2.37. The van der Waals surface area contributed by atoms with Crippen molar-refractivity contribution < 1.29 is 17.9 Å². The lowest BCUT2D eigenvalue weighted by atomic mass is 10.1. The topological polar surface area (TPSA) is 35.0 Å². The van der Waals surface area contributed by atoms with Gasteiger partial charge < -0.3 is 4.74 Å². The van der Waals surface area contributed by atoms with Crippen LogP contribution >= 0.6 is 0 Å². The van der Waals surface area contributed by atoms with Crippen LogP contribution in [-0.4, -0.2) is 16.3 Å². The molecule has 78 valence electrons. The summed E-state index contributed by atoms with van der Waals surface area (Å²) >= 11 is 0. The van der Waals surface area contributed by atoms with Crippen molar-refractivity contribution in [2.24, 2.45) is 0 Å². The number of aromatic nitrogens is 2. The van der Waals surface area contributed by atoms with Crippen molar-refractivity contribution in [1.29, 1.82) is 0 Å². The van der Waals surface area contributed by atoms with E-state index < -0.39 is 12.2 Å². The molecular formula is C8H9F3N2O. The van der Waals surface area contributed by atoms with E-state index in [4.69, 9.17) is 0 Å². The van der Waals surface area contributed by atoms with E-state index in [0.717, 1.165) is 6.33 Å². The molecule has 1 heterocycles. The first-order valence-corrected chi connectivity index (χ1v) is 3.96. The van der Waals surface area contributed by atoms with Crippen LogP contribution < -0.4 is 4.74 Å². The molecule has 0 saturated heterocycles. The first kappa shape index (κ1) is 10.7. The van der Waals surface area contributed by atoms with E-state index in [9.17, 15) is 13.2 Å². The predicted octanol–water partition coefficient (Wildman–Crippen LogP) is 2.50. The lowest BCUT2D eigenvalue weighted by Crippen LogP contribution is -2.19. The van der Waals surface area contributed by atoms with E-state index in [1.165, 1.54) is 6.20 Å². The van der Waals surface area contributed by atoms with Crippen LogP contribution in [-0.2, 0) is 0 Å². The van der Waals surface area contributed by atoms with Crippen LogP contribution in [0.25, 0.3) is 0 Å². The maximum absolute atomic E-state index is 11.9. The van der Waals surface area contributed by atoms with Gasteiger partial charge in [0.05, 0.1) is 0 Å². The first-order valence-electron chi connectivity index (χ1n) is 3.96. The van der Waals surface area contributed by atoms with Crippen molar-refractivity contribution in [1.82, 2.24) is 9.97 Å². The summed E-state index contributed by atoms with van der Waals surface area (Å²) in [5, 5.41) is 0. The van der Waals surface area contributed by atoms with E-state index in [1.54, 1.807) is 13.8 Å². The van der Waals surface area contributed by atoms with E-state index in [0.29, 0.717) is 5.56 Å². The zero-order chi connectivity index (χ0) is 10.8. The quantitative estimate of drug-likeness (QED) is 0.745. The standard InChI is InChI=1S/C8H9F3N2O/c1-5(2)6-3-12-4-13-7(6)14-8(9,10)11/h3-5H,1-2H3. The van der Waals surface area contributed by atoms with Gasteiger partial charge in [0.15, 0.2) is 0 Å². The van der Waals surface area contributed by atoms with E-state index >= 15 is 0 Å². The number of hydrogen-bond acceptors (Lipinski definition) is 3. The van der Waals surface area contributed by atoms with Crippen LogP contribution in [0, 0.1) is 0 Å². The fraction of sp³-hybridized carbons (Fsp3) is 0.500. The zero-order valence-corrected chi connectivity index (χ0v) is 7.67. The normalized spacial score (nSPS) is 11.9. The molecule has 3 nitrogen and oxygen atoms in total. The van der Waals surface area contributed by atoms with Gasteiger partial charge in [-0.25, -0.2) is 9.97 Å². The third-order valence-electron chi connectivity index (χ3n) is 1.54. The molecule has 0 fully saturated rings. The molecule has 0 N–H and O–H groups in total. The number of halogens is 3. The Kier molecular flexibility index (Phi) is 2.93. The van der Waals surface area contributed by atoms with Crippen LogP contribution in [0.5, 0.6) is 5.88 Å². The number of ether oxygens (including phenoxy) is 1. The molecule has 0 aliphatic heterocycles. The van der Waals surface area contributed by atoms with Crippen LogP contribution in [0.4, 0.5) is 13.2 Å². The average molecular weight is 206 g/mol. The van der Waals surface area contributed by atoms with Crippen molar-refractivity contribution in [3.63, 3.8) is 0 Å². The van der Waals surface area contributed by atoms with E-state index in [-0.39, 0.29) is 5.92 Å². The molecule has 0 aliphatic carbocycles. The number of rotatable bonds is 2. The third-order valence-corrected chi connectivity index (χ3v) is 1.54. The summed E-state index contributed by atoms with van der Waals surface area (Å²) in [5.41, 5.74) is 0.338. The summed E-state index contributed by atoms with van der Waals surface area (Å²) in [5.74, 6) is -0.545. The molecule has 0 aliphatic rings. The average Bonchev–Trinajstić information content (AvgIpc) is 2.01. The van der Waals surface area contributed by atoms with Gasteiger partial charge in [0, 0.05) is 11.8 Å². The van der Waals surface area contributed by atoms with Gasteiger partial charge in [-0.1, -0.05) is 13.8 Å². The molecule has 0 spiro atoms. The van der Waals surface area contributed by atoms with Gasteiger partial charge in [0.25, 0.3) is 0 Å². The monoisotopic (exact) mass is 206 g/mol. The minimum atomic E-state index is -4.71. The van der Waals surface area contributed by atoms with Crippen LogP contribution in [0.1, 0.15) is 25.3 Å². The third kappa shape index (κ3) is 2.86. The maximum atomic E-state index is 11.9. The van der Waals surface area contributed by atoms with Gasteiger partial charge in [0.1, 0.15) is 6.33 Å². The fourth-order valence-electron chi connectivity index (χ4n) is 0.920. The van der Waals surface area contributed by atoms with E-state index in [1.807, 2.05) is 0 Å². The highest BCUT2D eigenvalue weighted by molar-refractivity contribution is 5.25. The Bertz CT molecular complexity index is 312. The van der Waals surface area contributed by atoms with Gasteiger partial charge in [-0.15, -0.1) is 13.2 Å². The van der Waals surface area contributed by atoms with Gasteiger partial charge in [-0.2, -0.15) is 0 Å². The second-order valence-corrected chi connectivity index (χ2v) is 2.99. The second kappa shape index (κ2) is 3.81. The largest absolute Gasteiger partial charge is 0.574 e. The molecule has 1 aromatic rings. The Morgan fingerprint density at radius 2 is 2.00 bits per heavy atom. The summed E-state index contributed by atoms with van der Waals surface area (Å²) in [6, 6.07) is 0. The molecule has 0 unspecified atom stereocenters. The lowest BCUT2D eigenvalue weighted by molar-refractivity contribution is -0.276. The minimum Gasteiger partial charge on any atom is -0.387 e. The smallest absolute Gasteiger partial charge is 0.387 e. The summed E-state index contributed by atoms with van der Waals surface area (Å²) in [7, 11) is 0. The number of hydrogen-bond donors (Lipinski definition) is 0. The van der Waals surface area contributed by atoms with Crippen molar-refractivity contribution in [2.75, 3.05) is 0 Å². The molecule has 1 aromatic heterocycles. The second-order valence-electron chi connectivity index (χ2n) is 2.99. The molecule has 14 heavy (non-hydrogen) atoms. The van der Waals surface area contributed by atoms with Gasteiger partial charge >= 0.3 is 6.36 Å². The van der Waals surface area contributed by atoms with Gasteiger partial charge in [-0.05, 0) is 5.92 Å². The Hall–Kier alpha value is -1.33. The maximum Gasteiger partial charge on any atom is 0.574 e. The molecule has 0 saturated carbocycles. The Morgan fingerprint density at radius 3 is 2.50 bits per heavy atom. The highest BCUT2D eigenvalue weighted by Crippen LogP contribution is 2.27. The highest BCUT2D eigenvalue weighted by Gasteiger charge is 2.33. The molecule has 1 rings (SSSR count). The Morgan fingerprint density at radius 1 is 1.36 bits per heavy atom. The fourth-order valence-corrected chi connectivity index (χ4v) is 0.920. The van der Waals surface area contributed by atoms with Crippen LogP contribution in [0.3, 0.4) is 0 Å². The molecule has 0 radical (unpaired) electrons. The van der Waals surface area contributed by atoms with Crippen molar-refractivity contribution in [3.05, 3.63) is 18.1 Å². The van der Waals surface area contributed by atoms with Crippen molar-refractivity contribution in [2.45, 2.75) is 26.1 Å².